The minimum atomic E-state index is -0.227. The van der Waals surface area contributed by atoms with Gasteiger partial charge in [-0.2, -0.15) is 0 Å². The van der Waals surface area contributed by atoms with Crippen molar-refractivity contribution in [3.05, 3.63) is 124 Å². The number of hydrogen-bond donors (Lipinski definition) is 1. The van der Waals surface area contributed by atoms with E-state index < -0.39 is 0 Å². The van der Waals surface area contributed by atoms with Gasteiger partial charge in [-0.3, -0.25) is 4.79 Å². The second-order valence-corrected chi connectivity index (χ2v) is 9.45. The normalized spacial score (nSPS) is 11.0. The van der Waals surface area contributed by atoms with Gasteiger partial charge in [0.2, 0.25) is 0 Å². The van der Waals surface area contributed by atoms with Crippen molar-refractivity contribution in [2.45, 2.75) is 20.0 Å². The Morgan fingerprint density at radius 1 is 0.892 bits per heavy atom. The molecule has 0 unspecified atom stereocenters. The second kappa shape index (κ2) is 10.5. The molecule has 186 valence electrons. The number of aryl methyl sites for hydroxylation is 1. The molecule has 0 radical (unpaired) electrons. The highest BCUT2D eigenvalue weighted by atomic mass is 35.5. The van der Waals surface area contributed by atoms with Crippen LogP contribution in [-0.2, 0) is 13.1 Å². The summed E-state index contributed by atoms with van der Waals surface area (Å²) in [4.78, 5) is 13.4. The number of hydrogen-bond acceptors (Lipinski definition) is 2. The fraction of sp³-hybridized carbons (Fsp3) is 0.129. The molecule has 0 saturated carbocycles. The van der Waals surface area contributed by atoms with Gasteiger partial charge in [0.25, 0.3) is 5.91 Å². The molecule has 0 aliphatic carbocycles. The summed E-state index contributed by atoms with van der Waals surface area (Å²) in [6, 6.07) is 28.3. The van der Waals surface area contributed by atoms with E-state index in [1.807, 2.05) is 83.4 Å². The third-order valence-corrected chi connectivity index (χ3v) is 6.74. The first-order valence-electron chi connectivity index (χ1n) is 12.0. The fourth-order valence-electron chi connectivity index (χ4n) is 4.42. The number of carbonyl (C=O) groups is 1. The Kier molecular flexibility index (Phi) is 6.97. The van der Waals surface area contributed by atoms with Crippen molar-refractivity contribution < 1.29 is 13.9 Å². The predicted octanol–water partition coefficient (Wildman–Crippen LogP) is 7.40. The Morgan fingerprint density at radius 2 is 1.57 bits per heavy atom. The van der Waals surface area contributed by atoms with Crippen LogP contribution in [0.15, 0.2) is 91.0 Å². The number of methoxy groups -OCH3 is 1. The lowest BCUT2D eigenvalue weighted by molar-refractivity contribution is 0.0942. The lowest BCUT2D eigenvalue weighted by Gasteiger charge is -2.12. The summed E-state index contributed by atoms with van der Waals surface area (Å²) >= 11 is 6.08. The van der Waals surface area contributed by atoms with E-state index in [-0.39, 0.29) is 11.7 Å². The van der Waals surface area contributed by atoms with Gasteiger partial charge >= 0.3 is 0 Å². The van der Waals surface area contributed by atoms with Crippen molar-refractivity contribution in [3.63, 3.8) is 0 Å². The minimum Gasteiger partial charge on any atom is -0.497 e. The van der Waals surface area contributed by atoms with Gasteiger partial charge in [0, 0.05) is 29.0 Å². The van der Waals surface area contributed by atoms with Gasteiger partial charge in [0.15, 0.2) is 0 Å². The average molecular weight is 513 g/mol. The third-order valence-electron chi connectivity index (χ3n) is 6.49. The molecule has 0 bridgehead atoms. The number of ether oxygens (including phenoxy) is 1. The van der Waals surface area contributed by atoms with Gasteiger partial charge in [0.05, 0.1) is 7.11 Å². The van der Waals surface area contributed by atoms with Crippen molar-refractivity contribution >= 4 is 28.4 Å². The molecular weight excluding hydrogens is 487 g/mol. The molecule has 1 heterocycles. The molecule has 4 nitrogen and oxygen atoms in total. The second-order valence-electron chi connectivity index (χ2n) is 9.01. The zero-order chi connectivity index (χ0) is 25.9. The van der Waals surface area contributed by atoms with E-state index in [1.165, 1.54) is 6.07 Å². The molecule has 0 spiro atoms. The van der Waals surface area contributed by atoms with Gasteiger partial charge < -0.3 is 14.6 Å². The molecule has 0 aliphatic rings. The summed E-state index contributed by atoms with van der Waals surface area (Å²) in [5.74, 6) is 0.375. The van der Waals surface area contributed by atoms with Crippen molar-refractivity contribution in [3.8, 4) is 16.9 Å². The Balaban J connectivity index is 1.50. The number of amides is 1. The molecule has 1 amide bonds. The van der Waals surface area contributed by atoms with E-state index in [0.29, 0.717) is 29.4 Å². The van der Waals surface area contributed by atoms with Crippen molar-refractivity contribution in [1.82, 2.24) is 9.88 Å². The molecule has 1 N–H and O–H groups in total. The highest BCUT2D eigenvalue weighted by Crippen LogP contribution is 2.29. The van der Waals surface area contributed by atoms with Crippen LogP contribution in [0.25, 0.3) is 22.0 Å². The number of carbonyl (C=O) groups excluding carboxylic acids is 1. The smallest absolute Gasteiger partial charge is 0.268 e. The van der Waals surface area contributed by atoms with E-state index in [0.717, 1.165) is 38.9 Å². The van der Waals surface area contributed by atoms with E-state index in [4.69, 9.17) is 16.3 Å². The van der Waals surface area contributed by atoms with Gasteiger partial charge in [-0.1, -0.05) is 48.0 Å². The first-order valence-corrected chi connectivity index (χ1v) is 12.3. The summed E-state index contributed by atoms with van der Waals surface area (Å²) in [6.07, 6.45) is 0. The maximum absolute atomic E-state index is 13.8. The molecule has 0 aliphatic heterocycles. The molecule has 5 rings (SSSR count). The minimum absolute atomic E-state index is 0.167. The van der Waals surface area contributed by atoms with E-state index in [2.05, 4.69) is 5.32 Å². The maximum Gasteiger partial charge on any atom is 0.268 e. The first kappa shape index (κ1) is 24.6. The van der Waals surface area contributed by atoms with Crippen LogP contribution in [0, 0.1) is 12.7 Å². The van der Waals surface area contributed by atoms with E-state index >= 15 is 0 Å². The molecule has 0 saturated heterocycles. The quantitative estimate of drug-likeness (QED) is 0.247. The number of aromatic nitrogens is 1. The number of halogens is 2. The molecule has 1 aromatic heterocycles. The van der Waals surface area contributed by atoms with Gasteiger partial charge in [-0.25, -0.2) is 4.39 Å². The molecule has 6 heteroatoms. The number of fused-ring (bicyclic) bond motifs is 1. The van der Waals surface area contributed by atoms with Crippen LogP contribution in [0.4, 0.5) is 4.39 Å². The van der Waals surface area contributed by atoms with Crippen LogP contribution in [0.1, 0.15) is 27.2 Å². The lowest BCUT2D eigenvalue weighted by atomic mass is 10.0. The van der Waals surface area contributed by atoms with Crippen molar-refractivity contribution in [2.24, 2.45) is 0 Å². The summed E-state index contributed by atoms with van der Waals surface area (Å²) in [7, 11) is 1.62. The van der Waals surface area contributed by atoms with Gasteiger partial charge in [0.1, 0.15) is 17.3 Å². The van der Waals surface area contributed by atoms with Crippen molar-refractivity contribution in [1.29, 1.82) is 0 Å². The zero-order valence-corrected chi connectivity index (χ0v) is 21.4. The number of nitrogens with zero attached hydrogens (tertiary/aromatic N) is 1. The fourth-order valence-corrected chi connectivity index (χ4v) is 4.55. The SMILES string of the molecule is COc1ccc(CNC(=O)c2cc3cc(-c4ccc(F)c(C)c4)ccc3n2Cc2ccc(Cl)cc2)cc1. The summed E-state index contributed by atoms with van der Waals surface area (Å²) < 4.78 is 21.0. The lowest BCUT2D eigenvalue weighted by Crippen LogP contribution is -2.25. The number of benzene rings is 4. The van der Waals surface area contributed by atoms with Gasteiger partial charge in [-0.05, 0) is 89.3 Å². The molecular formula is C31H26ClFN2O2. The third kappa shape index (κ3) is 5.37. The summed E-state index contributed by atoms with van der Waals surface area (Å²) in [5, 5.41) is 4.64. The topological polar surface area (TPSA) is 43.3 Å². The molecule has 37 heavy (non-hydrogen) atoms. The highest BCUT2D eigenvalue weighted by molar-refractivity contribution is 6.30. The monoisotopic (exact) mass is 512 g/mol. The Morgan fingerprint density at radius 3 is 2.27 bits per heavy atom. The van der Waals surface area contributed by atoms with Crippen LogP contribution in [0.3, 0.4) is 0 Å². The largest absolute Gasteiger partial charge is 0.497 e. The number of rotatable bonds is 7. The maximum atomic E-state index is 13.8. The van der Waals surface area contributed by atoms with E-state index in [1.54, 1.807) is 20.1 Å². The molecule has 0 fully saturated rings. The standard InChI is InChI=1S/C31H26ClFN2O2/c1-20-15-23(7-13-28(20)33)24-8-14-29-25(16-24)17-30(35(29)19-22-3-9-26(32)10-4-22)31(36)34-18-21-5-11-27(37-2)12-6-21/h3-17H,18-19H2,1-2H3,(H,34,36). The molecule has 0 atom stereocenters. The predicted molar refractivity (Wildman–Crippen MR) is 147 cm³/mol. The Hall–Kier alpha value is -4.09. The van der Waals surface area contributed by atoms with Crippen LogP contribution < -0.4 is 10.1 Å². The van der Waals surface area contributed by atoms with Crippen LogP contribution in [0.2, 0.25) is 5.02 Å². The van der Waals surface area contributed by atoms with Crippen LogP contribution >= 0.6 is 11.6 Å². The van der Waals surface area contributed by atoms with E-state index in [9.17, 15) is 9.18 Å². The van der Waals surface area contributed by atoms with Crippen LogP contribution in [-0.4, -0.2) is 17.6 Å². The Labute approximate surface area is 220 Å². The molecule has 4 aromatic carbocycles. The molecule has 5 aromatic rings. The summed E-state index contributed by atoms with van der Waals surface area (Å²) in [5.41, 5.74) is 5.99. The Bertz CT molecular complexity index is 1570. The van der Waals surface area contributed by atoms with Gasteiger partial charge in [-0.15, -0.1) is 0 Å². The van der Waals surface area contributed by atoms with Crippen molar-refractivity contribution in [2.75, 3.05) is 7.11 Å². The van der Waals surface area contributed by atoms with Crippen LogP contribution in [0.5, 0.6) is 5.75 Å². The first-order chi connectivity index (χ1) is 17.9. The highest BCUT2D eigenvalue weighted by Gasteiger charge is 2.17. The summed E-state index contributed by atoms with van der Waals surface area (Å²) in [6.45, 7) is 2.66. The average Bonchev–Trinajstić information content (AvgIpc) is 3.28. The zero-order valence-electron chi connectivity index (χ0n) is 20.6. The number of nitrogens with one attached hydrogen (secondary N) is 1.